The minimum atomic E-state index is -0.641. The first-order valence-corrected chi connectivity index (χ1v) is 22.0. The van der Waals surface area contributed by atoms with Crippen molar-refractivity contribution in [3.8, 4) is 0 Å². The van der Waals surface area contributed by atoms with Gasteiger partial charge in [0.15, 0.2) is 11.2 Å². The smallest absolute Gasteiger partial charge is 0.257 e. The second-order valence-electron chi connectivity index (χ2n) is 17.3. The van der Waals surface area contributed by atoms with Crippen molar-refractivity contribution in [2.75, 3.05) is 39.3 Å². The van der Waals surface area contributed by atoms with Crippen molar-refractivity contribution in [2.45, 2.75) is 116 Å². The Balaban J connectivity index is 0.000000156. The summed E-state index contributed by atoms with van der Waals surface area (Å²) < 4.78 is 41.0. The zero-order chi connectivity index (χ0) is 42.2. The molecule has 1 atom stereocenters. The molecular formula is C46H54F2N8O5. The highest BCUT2D eigenvalue weighted by atomic mass is 19.1. The number of likely N-dealkylation sites (tertiary alicyclic amines) is 2. The van der Waals surface area contributed by atoms with Gasteiger partial charge in [-0.3, -0.25) is 18.7 Å². The largest absolute Gasteiger partial charge is 0.385 e. The van der Waals surface area contributed by atoms with Gasteiger partial charge in [-0.2, -0.15) is 0 Å². The highest BCUT2D eigenvalue weighted by Crippen LogP contribution is 2.34. The van der Waals surface area contributed by atoms with Crippen LogP contribution in [0, 0.1) is 25.5 Å². The molecule has 6 aromatic rings. The number of fused-ring (bicyclic) bond motifs is 4. The number of benzene rings is 2. The van der Waals surface area contributed by atoms with Crippen molar-refractivity contribution >= 4 is 21.9 Å². The van der Waals surface area contributed by atoms with E-state index in [9.17, 15) is 23.5 Å². The highest BCUT2D eigenvalue weighted by Gasteiger charge is 2.28. The van der Waals surface area contributed by atoms with Gasteiger partial charge in [0.05, 0.1) is 11.4 Å². The third kappa shape index (κ3) is 8.56. The average Bonchev–Trinajstić information content (AvgIpc) is 3.88. The summed E-state index contributed by atoms with van der Waals surface area (Å²) in [5.74, 6) is 1.46. The summed E-state index contributed by atoms with van der Waals surface area (Å²) in [6.45, 7) is 10.7. The molecule has 2 saturated heterocycles. The quantitative estimate of drug-likeness (QED) is 0.175. The molecule has 0 bridgehead atoms. The maximum Gasteiger partial charge on any atom is 0.257 e. The molecule has 13 nitrogen and oxygen atoms in total. The van der Waals surface area contributed by atoms with Gasteiger partial charge in [0.25, 0.3) is 11.1 Å². The molecule has 0 amide bonds. The van der Waals surface area contributed by atoms with Gasteiger partial charge >= 0.3 is 0 Å². The van der Waals surface area contributed by atoms with E-state index in [1.807, 2.05) is 18.4 Å². The van der Waals surface area contributed by atoms with Gasteiger partial charge in [0, 0.05) is 89.9 Å². The van der Waals surface area contributed by atoms with Crippen LogP contribution in [0.2, 0.25) is 0 Å². The molecule has 322 valence electrons. The van der Waals surface area contributed by atoms with Crippen LogP contribution in [0.3, 0.4) is 0 Å². The molecule has 0 radical (unpaired) electrons. The molecule has 2 aromatic carbocycles. The van der Waals surface area contributed by atoms with Gasteiger partial charge in [-0.25, -0.2) is 18.7 Å². The van der Waals surface area contributed by atoms with Gasteiger partial charge in [-0.1, -0.05) is 10.3 Å². The van der Waals surface area contributed by atoms with Crippen molar-refractivity contribution < 1.29 is 22.9 Å². The fourth-order valence-electron chi connectivity index (χ4n) is 9.92. The second kappa shape index (κ2) is 17.7. The van der Waals surface area contributed by atoms with E-state index in [1.54, 1.807) is 16.7 Å². The maximum absolute atomic E-state index is 13.4. The van der Waals surface area contributed by atoms with Gasteiger partial charge in [-0.05, 0) is 129 Å². The molecule has 0 unspecified atom stereocenters. The molecule has 0 spiro atoms. The van der Waals surface area contributed by atoms with Gasteiger partial charge in [0.1, 0.15) is 29.4 Å². The molecule has 4 aliphatic heterocycles. The van der Waals surface area contributed by atoms with Crippen LogP contribution in [0.15, 0.2) is 55.0 Å². The number of aliphatic hydroxyl groups excluding tert-OH is 1. The summed E-state index contributed by atoms with van der Waals surface area (Å²) >= 11 is 0. The van der Waals surface area contributed by atoms with Crippen LogP contribution in [0.25, 0.3) is 21.9 Å². The molecule has 1 N–H and O–H groups in total. The normalized spacial score (nSPS) is 19.2. The van der Waals surface area contributed by atoms with E-state index in [0.717, 1.165) is 154 Å². The van der Waals surface area contributed by atoms with E-state index in [4.69, 9.17) is 14.0 Å². The third-order valence-corrected chi connectivity index (χ3v) is 13.5. The Morgan fingerprint density at radius 1 is 0.656 bits per heavy atom. The molecule has 15 heteroatoms. The number of hydrogen-bond donors (Lipinski definition) is 1. The predicted octanol–water partition coefficient (Wildman–Crippen LogP) is 6.67. The van der Waals surface area contributed by atoms with Crippen LogP contribution in [-0.2, 0) is 32.4 Å². The van der Waals surface area contributed by atoms with E-state index in [0.29, 0.717) is 48.2 Å². The first-order valence-electron chi connectivity index (χ1n) is 22.0. The van der Waals surface area contributed by atoms with Gasteiger partial charge in [0.2, 0.25) is 0 Å². The molecule has 0 saturated carbocycles. The Kier molecular flexibility index (Phi) is 12.0. The van der Waals surface area contributed by atoms with Crippen LogP contribution in [-0.4, -0.2) is 83.6 Å². The van der Waals surface area contributed by atoms with Gasteiger partial charge in [-0.15, -0.1) is 0 Å². The maximum atomic E-state index is 13.4. The number of aromatic nitrogens is 6. The minimum Gasteiger partial charge on any atom is -0.385 e. The van der Waals surface area contributed by atoms with Crippen LogP contribution in [0.4, 0.5) is 8.78 Å². The molecule has 4 aliphatic rings. The first-order chi connectivity index (χ1) is 29.6. The van der Waals surface area contributed by atoms with Crippen molar-refractivity contribution in [1.82, 2.24) is 39.2 Å². The Morgan fingerprint density at radius 2 is 1.16 bits per heavy atom. The Bertz CT molecular complexity index is 2650. The summed E-state index contributed by atoms with van der Waals surface area (Å²) in [6, 6.07) is 9.21. The van der Waals surface area contributed by atoms with E-state index in [-0.39, 0.29) is 22.8 Å². The molecule has 10 rings (SSSR count). The average molecular weight is 837 g/mol. The topological polar surface area (TPSA) is 149 Å². The van der Waals surface area contributed by atoms with Crippen molar-refractivity contribution in [3.63, 3.8) is 0 Å². The predicted molar refractivity (Wildman–Crippen MR) is 226 cm³/mol. The van der Waals surface area contributed by atoms with Crippen LogP contribution in [0.5, 0.6) is 0 Å². The summed E-state index contributed by atoms with van der Waals surface area (Å²) in [5, 5.41) is 20.4. The SMILES string of the molecule is Cc1nc2n(c(=O)c1CCN1CCC(c3noc4cc(F)ccc34)CC1)CCCC2.Cc1nc2n(c(=O)c1CCN1CCC(c3noc4cc(F)ccc34)CC1)CCC[C@H]2O. The lowest BCUT2D eigenvalue weighted by Crippen LogP contribution is -2.37. The lowest BCUT2D eigenvalue weighted by Gasteiger charge is -2.31. The zero-order valence-corrected chi connectivity index (χ0v) is 35.0. The van der Waals surface area contributed by atoms with Crippen LogP contribution in [0.1, 0.15) is 115 Å². The number of nitrogens with zero attached hydrogens (tertiary/aromatic N) is 8. The Morgan fingerprint density at radius 3 is 1.72 bits per heavy atom. The molecule has 0 aliphatic carbocycles. The number of piperidine rings is 2. The fourth-order valence-corrected chi connectivity index (χ4v) is 9.92. The number of hydrogen-bond acceptors (Lipinski definition) is 11. The van der Waals surface area contributed by atoms with E-state index >= 15 is 0 Å². The fraction of sp³-hybridized carbons (Fsp3) is 0.522. The zero-order valence-electron chi connectivity index (χ0n) is 35.0. The minimum absolute atomic E-state index is 0.00237. The molecule has 8 heterocycles. The lowest BCUT2D eigenvalue weighted by molar-refractivity contribution is 0.129. The highest BCUT2D eigenvalue weighted by molar-refractivity contribution is 5.80. The molecule has 61 heavy (non-hydrogen) atoms. The van der Waals surface area contributed by atoms with Crippen LogP contribution >= 0.6 is 0 Å². The van der Waals surface area contributed by atoms with E-state index in [1.165, 1.54) is 24.3 Å². The van der Waals surface area contributed by atoms with Crippen molar-refractivity contribution in [1.29, 1.82) is 0 Å². The monoisotopic (exact) mass is 836 g/mol. The van der Waals surface area contributed by atoms with Crippen molar-refractivity contribution in [2.24, 2.45) is 0 Å². The molecular weight excluding hydrogens is 783 g/mol. The van der Waals surface area contributed by atoms with E-state index in [2.05, 4.69) is 25.1 Å². The first kappa shape index (κ1) is 41.2. The van der Waals surface area contributed by atoms with Crippen molar-refractivity contribution in [3.05, 3.63) is 114 Å². The second-order valence-corrected chi connectivity index (χ2v) is 17.3. The Labute approximate surface area is 352 Å². The molecule has 2 fully saturated rings. The Hall–Kier alpha value is -5.12. The third-order valence-electron chi connectivity index (χ3n) is 13.5. The molecule has 4 aromatic heterocycles. The van der Waals surface area contributed by atoms with Gasteiger partial charge < -0.3 is 24.0 Å². The summed E-state index contributed by atoms with van der Waals surface area (Å²) in [4.78, 5) is 39.9. The summed E-state index contributed by atoms with van der Waals surface area (Å²) in [5.41, 5.74) is 6.28. The standard InChI is InChI=1S/C23H27FN4O3.C23H27FN4O2/c1-14-17(23(30)28-9-2-3-19(29)22(28)25-14)8-12-27-10-6-15(7-11-27)21-18-5-4-16(24)13-20(18)31-26-21;1-15-18(23(29)28-10-3-2-4-21(28)25-15)9-13-27-11-7-16(8-12-27)22-19-6-5-17(24)14-20(19)30-26-22/h4-5,13,15,19,29H,2-3,6-12H2,1H3;5-6,14,16H,2-4,7-13H2,1H3/t19-;/m1./s1. The summed E-state index contributed by atoms with van der Waals surface area (Å²) in [6.07, 6.45) is 9.19. The number of aryl methyl sites for hydroxylation is 3. The number of rotatable bonds is 8. The number of halogens is 2. The van der Waals surface area contributed by atoms with E-state index < -0.39 is 6.10 Å². The van der Waals surface area contributed by atoms with Crippen LogP contribution < -0.4 is 11.1 Å². The lowest BCUT2D eigenvalue weighted by atomic mass is 9.91. The number of aliphatic hydroxyl groups is 1. The summed E-state index contributed by atoms with van der Waals surface area (Å²) in [7, 11) is 0.